The van der Waals surface area contributed by atoms with Crippen LogP contribution in [0.2, 0.25) is 0 Å². The summed E-state index contributed by atoms with van der Waals surface area (Å²) in [4.78, 5) is 17.5. The minimum absolute atomic E-state index is 0.161. The Morgan fingerprint density at radius 3 is 3.00 bits per heavy atom. The van der Waals surface area contributed by atoms with Gasteiger partial charge in [-0.05, 0) is 28.9 Å². The quantitative estimate of drug-likeness (QED) is 0.922. The molecule has 0 fully saturated rings. The maximum atomic E-state index is 12.1. The van der Waals surface area contributed by atoms with Gasteiger partial charge < -0.3 is 10.6 Å². The van der Waals surface area contributed by atoms with E-state index in [1.807, 2.05) is 13.0 Å². The lowest BCUT2D eigenvalue weighted by molar-refractivity contribution is 0.0747. The van der Waals surface area contributed by atoms with E-state index >= 15 is 0 Å². The van der Waals surface area contributed by atoms with Crippen LogP contribution in [-0.4, -0.2) is 28.9 Å². The van der Waals surface area contributed by atoms with Crippen molar-refractivity contribution in [1.82, 2.24) is 9.88 Å². The molecule has 1 amide bonds. The first kappa shape index (κ1) is 13.5. The van der Waals surface area contributed by atoms with Crippen molar-refractivity contribution in [2.45, 2.75) is 19.4 Å². The molecular formula is C11H13BrN4O. The van der Waals surface area contributed by atoms with E-state index < -0.39 is 0 Å². The maximum Gasteiger partial charge on any atom is 0.257 e. The van der Waals surface area contributed by atoms with E-state index in [0.29, 0.717) is 10.0 Å². The van der Waals surface area contributed by atoms with Crippen LogP contribution >= 0.6 is 15.9 Å². The van der Waals surface area contributed by atoms with Gasteiger partial charge >= 0.3 is 0 Å². The molecule has 1 heterocycles. The predicted molar refractivity (Wildman–Crippen MR) is 68.1 cm³/mol. The van der Waals surface area contributed by atoms with Gasteiger partial charge in [0.15, 0.2) is 0 Å². The van der Waals surface area contributed by atoms with E-state index in [2.05, 4.69) is 20.9 Å². The van der Waals surface area contributed by atoms with Crippen LogP contribution in [0.15, 0.2) is 16.7 Å². The fourth-order valence-corrected chi connectivity index (χ4v) is 1.61. The molecule has 0 radical (unpaired) electrons. The average Bonchev–Trinajstić information content (AvgIpc) is 2.30. The third-order valence-corrected chi connectivity index (χ3v) is 2.92. The van der Waals surface area contributed by atoms with E-state index in [-0.39, 0.29) is 24.2 Å². The topological polar surface area (TPSA) is 83.0 Å². The summed E-state index contributed by atoms with van der Waals surface area (Å²) in [6.07, 6.45) is 1.81. The Bertz CT molecular complexity index is 469. The first-order valence-corrected chi connectivity index (χ1v) is 5.81. The van der Waals surface area contributed by atoms with Crippen LogP contribution in [0.3, 0.4) is 0 Å². The summed E-state index contributed by atoms with van der Waals surface area (Å²) in [5, 5.41) is 8.60. The molecule has 5 nitrogen and oxygen atoms in total. The number of carbonyl (C=O) groups excluding carboxylic acids is 1. The maximum absolute atomic E-state index is 12.1. The van der Waals surface area contributed by atoms with E-state index in [9.17, 15) is 4.79 Å². The normalized spacial score (nSPS) is 11.6. The molecule has 90 valence electrons. The lowest BCUT2D eigenvalue weighted by Crippen LogP contribution is -2.35. The predicted octanol–water partition coefficient (Wildman–Crippen LogP) is 1.80. The van der Waals surface area contributed by atoms with Crippen LogP contribution in [-0.2, 0) is 0 Å². The van der Waals surface area contributed by atoms with Gasteiger partial charge in [-0.2, -0.15) is 5.26 Å². The number of nitrogen functional groups attached to an aromatic ring is 1. The minimum atomic E-state index is -0.237. The number of hydrogen-bond acceptors (Lipinski definition) is 4. The Morgan fingerprint density at radius 2 is 2.41 bits per heavy atom. The molecule has 0 bridgehead atoms. The van der Waals surface area contributed by atoms with Gasteiger partial charge in [0.05, 0.1) is 18.1 Å². The molecule has 17 heavy (non-hydrogen) atoms. The number of rotatable bonds is 3. The molecule has 1 rings (SSSR count). The highest BCUT2D eigenvalue weighted by atomic mass is 79.9. The zero-order valence-electron chi connectivity index (χ0n) is 9.64. The Labute approximate surface area is 108 Å². The molecule has 6 heteroatoms. The largest absolute Gasteiger partial charge is 0.383 e. The number of nitrogens with zero attached hydrogens (tertiary/aromatic N) is 3. The molecule has 0 saturated heterocycles. The molecule has 1 atom stereocenters. The SMILES string of the molecule is CC(CC#N)N(C)C(=O)c1cc(Br)cnc1N. The second-order valence-corrected chi connectivity index (χ2v) is 4.63. The molecule has 0 aliphatic rings. The number of pyridine rings is 1. The summed E-state index contributed by atoms with van der Waals surface area (Å²) < 4.78 is 0.691. The lowest BCUT2D eigenvalue weighted by atomic mass is 10.1. The lowest BCUT2D eigenvalue weighted by Gasteiger charge is -2.23. The second kappa shape index (κ2) is 5.64. The summed E-state index contributed by atoms with van der Waals surface area (Å²) in [6.45, 7) is 1.81. The van der Waals surface area contributed by atoms with E-state index in [1.165, 1.54) is 11.1 Å². The van der Waals surface area contributed by atoms with Gasteiger partial charge in [-0.1, -0.05) is 0 Å². The molecule has 1 aromatic heterocycles. The minimum Gasteiger partial charge on any atom is -0.383 e. The number of amides is 1. The zero-order chi connectivity index (χ0) is 13.0. The molecule has 0 aliphatic heterocycles. The molecule has 2 N–H and O–H groups in total. The second-order valence-electron chi connectivity index (χ2n) is 3.71. The van der Waals surface area contributed by atoms with Crippen molar-refractivity contribution in [3.63, 3.8) is 0 Å². The van der Waals surface area contributed by atoms with Gasteiger partial charge in [0.1, 0.15) is 5.82 Å². The van der Waals surface area contributed by atoms with Crippen molar-refractivity contribution < 1.29 is 4.79 Å². The molecule has 1 aromatic rings. The Balaban J connectivity index is 2.96. The first-order valence-electron chi connectivity index (χ1n) is 5.02. The van der Waals surface area contributed by atoms with Crippen molar-refractivity contribution in [3.05, 3.63) is 22.3 Å². The van der Waals surface area contributed by atoms with Crippen molar-refractivity contribution in [1.29, 1.82) is 5.26 Å². The number of hydrogen-bond donors (Lipinski definition) is 1. The van der Waals surface area contributed by atoms with Crippen LogP contribution in [0.4, 0.5) is 5.82 Å². The monoisotopic (exact) mass is 296 g/mol. The third-order valence-electron chi connectivity index (χ3n) is 2.48. The fourth-order valence-electron chi connectivity index (χ4n) is 1.28. The summed E-state index contributed by atoms with van der Waals surface area (Å²) >= 11 is 3.24. The fraction of sp³-hybridized carbons (Fsp3) is 0.364. The molecule has 0 saturated carbocycles. The van der Waals surface area contributed by atoms with Crippen molar-refractivity contribution in [2.24, 2.45) is 0 Å². The van der Waals surface area contributed by atoms with Crippen LogP contribution in [0.5, 0.6) is 0 Å². The van der Waals surface area contributed by atoms with Crippen LogP contribution < -0.4 is 5.73 Å². The van der Waals surface area contributed by atoms with E-state index in [0.717, 1.165) is 0 Å². The Morgan fingerprint density at radius 1 is 1.76 bits per heavy atom. The van der Waals surface area contributed by atoms with Gasteiger partial charge in [0.2, 0.25) is 0 Å². The summed E-state index contributed by atoms with van der Waals surface area (Å²) in [5.74, 6) is -0.0479. The Hall–Kier alpha value is -1.61. The number of halogens is 1. The number of nitriles is 1. The van der Waals surface area contributed by atoms with Crippen LogP contribution in [0.25, 0.3) is 0 Å². The highest BCUT2D eigenvalue weighted by molar-refractivity contribution is 9.10. The molecule has 0 aromatic carbocycles. The van der Waals surface area contributed by atoms with E-state index in [1.54, 1.807) is 13.1 Å². The van der Waals surface area contributed by atoms with Crippen LogP contribution in [0.1, 0.15) is 23.7 Å². The van der Waals surface area contributed by atoms with Gasteiger partial charge in [-0.15, -0.1) is 0 Å². The summed E-state index contributed by atoms with van der Waals surface area (Å²) in [6, 6.07) is 3.49. The zero-order valence-corrected chi connectivity index (χ0v) is 11.2. The number of carbonyl (C=O) groups is 1. The van der Waals surface area contributed by atoms with Gasteiger partial charge in [-0.3, -0.25) is 4.79 Å². The molecular weight excluding hydrogens is 284 g/mol. The Kier molecular flexibility index (Phi) is 4.46. The summed E-state index contributed by atoms with van der Waals surface area (Å²) in [5.41, 5.74) is 6.00. The number of nitrogens with two attached hydrogens (primary N) is 1. The van der Waals surface area contributed by atoms with Crippen LogP contribution in [0, 0.1) is 11.3 Å². The molecule has 0 spiro atoms. The van der Waals surface area contributed by atoms with Gasteiger partial charge in [0.25, 0.3) is 5.91 Å². The molecule has 0 aliphatic carbocycles. The van der Waals surface area contributed by atoms with Crippen molar-refractivity contribution in [2.75, 3.05) is 12.8 Å². The first-order chi connectivity index (χ1) is 7.97. The van der Waals surface area contributed by atoms with E-state index in [4.69, 9.17) is 11.0 Å². The third kappa shape index (κ3) is 3.17. The average molecular weight is 297 g/mol. The molecule has 1 unspecified atom stereocenters. The standard InChI is InChI=1S/C11H13BrN4O/c1-7(3-4-13)16(2)11(17)9-5-8(12)6-15-10(9)14/h5-7H,3H2,1-2H3,(H2,14,15). The number of aromatic nitrogens is 1. The van der Waals surface area contributed by atoms with Gasteiger partial charge in [0, 0.05) is 23.8 Å². The highest BCUT2D eigenvalue weighted by Gasteiger charge is 2.20. The summed E-state index contributed by atoms with van der Waals surface area (Å²) in [7, 11) is 1.64. The smallest absolute Gasteiger partial charge is 0.257 e. The van der Waals surface area contributed by atoms with Crippen molar-refractivity contribution >= 4 is 27.7 Å². The van der Waals surface area contributed by atoms with Gasteiger partial charge in [-0.25, -0.2) is 4.98 Å². The van der Waals surface area contributed by atoms with Crippen molar-refractivity contribution in [3.8, 4) is 6.07 Å². The highest BCUT2D eigenvalue weighted by Crippen LogP contribution is 2.18. The number of anilines is 1.